The Labute approximate surface area is 185 Å². The molecule has 0 unspecified atom stereocenters. The highest BCUT2D eigenvalue weighted by Gasteiger charge is 2.24. The molecule has 1 heterocycles. The summed E-state index contributed by atoms with van der Waals surface area (Å²) in [4.78, 5) is 18.0. The quantitative estimate of drug-likeness (QED) is 0.405. The van der Waals surface area contributed by atoms with Gasteiger partial charge in [-0.3, -0.25) is 4.79 Å². The Hall–Kier alpha value is -3.18. The number of aromatic nitrogens is 2. The fourth-order valence-electron chi connectivity index (χ4n) is 3.77. The molecule has 0 fully saturated rings. The van der Waals surface area contributed by atoms with Crippen molar-refractivity contribution in [2.45, 2.75) is 32.4 Å². The van der Waals surface area contributed by atoms with Crippen LogP contribution >= 0.6 is 11.6 Å². The predicted molar refractivity (Wildman–Crippen MR) is 122 cm³/mol. The lowest BCUT2D eigenvalue weighted by atomic mass is 10.1. The minimum absolute atomic E-state index is 0.101. The van der Waals surface area contributed by atoms with Crippen molar-refractivity contribution >= 4 is 28.5 Å². The average molecular weight is 436 g/mol. The van der Waals surface area contributed by atoms with Crippen LogP contribution in [0.15, 0.2) is 72.8 Å². The topological polar surface area (TPSA) is 46.9 Å². The van der Waals surface area contributed by atoms with Gasteiger partial charge >= 0.3 is 0 Å². The highest BCUT2D eigenvalue weighted by molar-refractivity contribution is 6.31. The number of fused-ring (bicyclic) bond motifs is 1. The summed E-state index contributed by atoms with van der Waals surface area (Å²) in [5.74, 6) is 0.393. The summed E-state index contributed by atoms with van der Waals surface area (Å²) in [6.45, 7) is 2.32. The van der Waals surface area contributed by atoms with Gasteiger partial charge in [0.05, 0.1) is 11.0 Å². The summed E-state index contributed by atoms with van der Waals surface area (Å²) in [5, 5.41) is 3.66. The first-order chi connectivity index (χ1) is 15.1. The van der Waals surface area contributed by atoms with Crippen LogP contribution in [-0.4, -0.2) is 15.5 Å². The lowest BCUT2D eigenvalue weighted by Crippen LogP contribution is -2.32. The molecule has 0 saturated heterocycles. The third-order valence-electron chi connectivity index (χ3n) is 5.36. The van der Waals surface area contributed by atoms with Gasteiger partial charge in [-0.25, -0.2) is 9.37 Å². The number of hydrogen-bond donors (Lipinski definition) is 1. The number of hydrogen-bond acceptors (Lipinski definition) is 2. The van der Waals surface area contributed by atoms with Gasteiger partial charge in [0.2, 0.25) is 5.91 Å². The lowest BCUT2D eigenvalue weighted by molar-refractivity contribution is -0.124. The minimum atomic E-state index is -0.426. The predicted octanol–water partition coefficient (Wildman–Crippen LogP) is 5.69. The van der Waals surface area contributed by atoms with E-state index in [9.17, 15) is 9.18 Å². The molecule has 0 bridgehead atoms. The second-order valence-corrected chi connectivity index (χ2v) is 7.83. The van der Waals surface area contributed by atoms with Crippen LogP contribution in [0.1, 0.15) is 36.3 Å². The van der Waals surface area contributed by atoms with Crippen molar-refractivity contribution in [1.82, 2.24) is 14.9 Å². The van der Waals surface area contributed by atoms with E-state index in [0.29, 0.717) is 24.4 Å². The number of para-hydroxylation sites is 2. The minimum Gasteiger partial charge on any atom is -0.350 e. The maximum absolute atomic E-state index is 13.2. The standard InChI is InChI=1S/C25H23ClFN3O/c1-2-22(25(31)28-16-17-11-13-19(27)14-12-17)30-23-10-6-5-9-21(23)29-24(30)15-18-7-3-4-8-20(18)26/h3-14,22H,2,15-16H2,1H3,(H,28,31)/t22-/m1/s1. The lowest BCUT2D eigenvalue weighted by Gasteiger charge is -2.20. The Morgan fingerprint density at radius 1 is 1.06 bits per heavy atom. The summed E-state index contributed by atoms with van der Waals surface area (Å²) < 4.78 is 15.2. The summed E-state index contributed by atoms with van der Waals surface area (Å²) in [7, 11) is 0. The Kier molecular flexibility index (Phi) is 6.33. The maximum Gasteiger partial charge on any atom is 0.243 e. The number of carbonyl (C=O) groups is 1. The van der Waals surface area contributed by atoms with E-state index in [-0.39, 0.29) is 11.7 Å². The van der Waals surface area contributed by atoms with E-state index < -0.39 is 6.04 Å². The molecule has 4 rings (SSSR count). The van der Waals surface area contributed by atoms with Gasteiger partial charge in [0, 0.05) is 18.0 Å². The number of nitrogens with zero attached hydrogens (tertiary/aromatic N) is 2. The van der Waals surface area contributed by atoms with Gasteiger partial charge in [-0.05, 0) is 47.9 Å². The van der Waals surface area contributed by atoms with E-state index in [1.807, 2.05) is 60.0 Å². The fraction of sp³-hybridized carbons (Fsp3) is 0.200. The largest absolute Gasteiger partial charge is 0.350 e. The van der Waals surface area contributed by atoms with Crippen LogP contribution in [0.2, 0.25) is 5.02 Å². The summed E-state index contributed by atoms with van der Waals surface area (Å²) in [5.41, 5.74) is 3.56. The molecule has 4 aromatic rings. The number of rotatable bonds is 7. The zero-order chi connectivity index (χ0) is 21.8. The number of benzene rings is 3. The SMILES string of the molecule is CC[C@H](C(=O)NCc1ccc(F)cc1)n1c(Cc2ccccc2Cl)nc2ccccc21. The molecule has 3 aromatic carbocycles. The smallest absolute Gasteiger partial charge is 0.243 e. The molecule has 0 aliphatic rings. The van der Waals surface area contributed by atoms with Crippen molar-refractivity contribution in [3.8, 4) is 0 Å². The first kappa shape index (κ1) is 21.1. The molecular formula is C25H23ClFN3O. The molecule has 1 N–H and O–H groups in total. The van der Waals surface area contributed by atoms with E-state index in [1.165, 1.54) is 12.1 Å². The van der Waals surface area contributed by atoms with Crippen molar-refractivity contribution in [2.24, 2.45) is 0 Å². The molecule has 0 saturated carbocycles. The molecule has 0 aliphatic carbocycles. The average Bonchev–Trinajstić information content (AvgIpc) is 3.13. The molecular weight excluding hydrogens is 413 g/mol. The fourth-order valence-corrected chi connectivity index (χ4v) is 3.98. The van der Waals surface area contributed by atoms with E-state index in [1.54, 1.807) is 12.1 Å². The van der Waals surface area contributed by atoms with E-state index in [2.05, 4.69) is 5.32 Å². The first-order valence-electron chi connectivity index (χ1n) is 10.3. The summed E-state index contributed by atoms with van der Waals surface area (Å²) in [6, 6.07) is 21.2. The van der Waals surface area contributed by atoms with Crippen molar-refractivity contribution in [2.75, 3.05) is 0 Å². The Bertz CT molecular complexity index is 1200. The highest BCUT2D eigenvalue weighted by Crippen LogP contribution is 2.27. The zero-order valence-corrected chi connectivity index (χ0v) is 17.9. The molecule has 0 spiro atoms. The molecule has 0 aliphatic heterocycles. The van der Waals surface area contributed by atoms with Crippen LogP contribution in [0.3, 0.4) is 0 Å². The van der Waals surface area contributed by atoms with Crippen LogP contribution in [0.4, 0.5) is 4.39 Å². The van der Waals surface area contributed by atoms with Crippen molar-refractivity contribution < 1.29 is 9.18 Å². The molecule has 1 atom stereocenters. The Balaban J connectivity index is 1.65. The number of amides is 1. The van der Waals surface area contributed by atoms with Crippen LogP contribution < -0.4 is 5.32 Å². The van der Waals surface area contributed by atoms with E-state index in [4.69, 9.17) is 16.6 Å². The van der Waals surface area contributed by atoms with E-state index >= 15 is 0 Å². The molecule has 1 amide bonds. The monoisotopic (exact) mass is 435 g/mol. The van der Waals surface area contributed by atoms with Gasteiger partial charge in [-0.1, -0.05) is 61.0 Å². The normalized spacial score (nSPS) is 12.1. The van der Waals surface area contributed by atoms with Crippen molar-refractivity contribution in [1.29, 1.82) is 0 Å². The maximum atomic E-state index is 13.2. The summed E-state index contributed by atoms with van der Waals surface area (Å²) >= 11 is 6.39. The first-order valence-corrected chi connectivity index (χ1v) is 10.7. The van der Waals surface area contributed by atoms with Crippen LogP contribution in [0, 0.1) is 5.82 Å². The third-order valence-corrected chi connectivity index (χ3v) is 5.73. The second-order valence-electron chi connectivity index (χ2n) is 7.42. The van der Waals surface area contributed by atoms with Crippen LogP contribution in [-0.2, 0) is 17.8 Å². The van der Waals surface area contributed by atoms with Crippen LogP contribution in [0.5, 0.6) is 0 Å². The number of carbonyl (C=O) groups excluding carboxylic acids is 1. The molecule has 158 valence electrons. The second kappa shape index (κ2) is 9.31. The molecule has 4 nitrogen and oxygen atoms in total. The molecule has 6 heteroatoms. The summed E-state index contributed by atoms with van der Waals surface area (Å²) in [6.07, 6.45) is 1.13. The highest BCUT2D eigenvalue weighted by atomic mass is 35.5. The van der Waals surface area contributed by atoms with Gasteiger partial charge in [0.25, 0.3) is 0 Å². The van der Waals surface area contributed by atoms with Gasteiger partial charge < -0.3 is 9.88 Å². The van der Waals surface area contributed by atoms with Gasteiger partial charge in [0.1, 0.15) is 17.7 Å². The third kappa shape index (κ3) is 4.62. The number of halogens is 2. The van der Waals surface area contributed by atoms with Gasteiger partial charge in [-0.15, -0.1) is 0 Å². The van der Waals surface area contributed by atoms with Gasteiger partial charge in [-0.2, -0.15) is 0 Å². The van der Waals surface area contributed by atoms with Crippen molar-refractivity contribution in [3.05, 3.63) is 101 Å². The molecule has 0 radical (unpaired) electrons. The number of imidazole rings is 1. The number of nitrogens with one attached hydrogen (secondary N) is 1. The Morgan fingerprint density at radius 3 is 2.52 bits per heavy atom. The molecule has 1 aromatic heterocycles. The molecule has 31 heavy (non-hydrogen) atoms. The Morgan fingerprint density at radius 2 is 1.77 bits per heavy atom. The zero-order valence-electron chi connectivity index (χ0n) is 17.2. The van der Waals surface area contributed by atoms with Crippen LogP contribution in [0.25, 0.3) is 11.0 Å². The van der Waals surface area contributed by atoms with Crippen molar-refractivity contribution in [3.63, 3.8) is 0 Å². The van der Waals surface area contributed by atoms with Gasteiger partial charge in [0.15, 0.2) is 0 Å². The van der Waals surface area contributed by atoms with E-state index in [0.717, 1.165) is 28.0 Å².